The van der Waals surface area contributed by atoms with Gasteiger partial charge in [-0.3, -0.25) is 43.2 Å². The number of hydrogen-bond acceptors (Lipinski definition) is 11. The third kappa shape index (κ3) is 21.9. The Bertz CT molecular complexity index is 3280. The first-order chi connectivity index (χ1) is 44.6. The normalized spacial score (nSPS) is 22.1. The number of amides is 9. The summed E-state index contributed by atoms with van der Waals surface area (Å²) in [4.78, 5) is 135. The number of nitrogens with one attached hydrogen (secondary N) is 4. The molecular formula is C72H90N10O9S. The Morgan fingerprint density at radius 1 is 0.565 bits per heavy atom. The Morgan fingerprint density at radius 3 is 1.62 bits per heavy atom. The highest BCUT2D eigenvalue weighted by molar-refractivity contribution is 7.98. The van der Waals surface area contributed by atoms with Gasteiger partial charge in [0.15, 0.2) is 0 Å². The van der Waals surface area contributed by atoms with Gasteiger partial charge in [-0.05, 0) is 123 Å². The molecule has 0 saturated heterocycles. The molecule has 5 atom stereocenters. The van der Waals surface area contributed by atoms with Crippen LogP contribution in [0.5, 0.6) is 0 Å². The molecule has 9 amide bonds. The standard InChI is InChI=1S/C72H90N10O9S/c73-35-14-13-23-59-42-80(67(87)33-30-51-15-5-1-6-16-51)46-65(85)76-60(37-52-17-7-2-8-18-52)43-79(45-63(74)83)68(88)34-36-92-49-56-28-31-58(32-29-56)71(91)78-72(41-62(72)57-21-11-4-12-22-57)50-82(70(90)40-55-26-27-55)48-66(86)77-61(38-53-19-9-3-10-20-53)44-81(47-64(84)75-59)69(89)39-54-24-25-54/h1-12,15-22,28-29,31-32,54-55,59-62H,13-14,23-27,30,33-50,73H2,(H2,74,83)(H,75,84)(H,76,85)(H,77,86)(H,78,91)/t59-,60-,61-,62?,72-/m0/s1. The van der Waals surface area contributed by atoms with Crippen LogP contribution in [0.25, 0.3) is 0 Å². The van der Waals surface area contributed by atoms with Gasteiger partial charge < -0.3 is 52.3 Å². The second-order valence-electron chi connectivity index (χ2n) is 25.6. The van der Waals surface area contributed by atoms with Gasteiger partial charge in [-0.25, -0.2) is 0 Å². The highest BCUT2D eigenvalue weighted by atomic mass is 32.2. The van der Waals surface area contributed by atoms with Crippen LogP contribution in [0.3, 0.4) is 0 Å². The molecule has 5 aromatic carbocycles. The molecule has 0 radical (unpaired) electrons. The lowest BCUT2D eigenvalue weighted by molar-refractivity contribution is -0.139. The van der Waals surface area contributed by atoms with E-state index in [1.165, 1.54) is 26.5 Å². The van der Waals surface area contributed by atoms with E-state index in [0.717, 1.165) is 53.5 Å². The molecule has 2 aliphatic heterocycles. The van der Waals surface area contributed by atoms with Crippen molar-refractivity contribution in [1.29, 1.82) is 0 Å². The van der Waals surface area contributed by atoms with Crippen molar-refractivity contribution < 1.29 is 43.2 Å². The SMILES string of the molecule is NCCCC[C@H]1CN(C(=O)CCc2ccccc2)CC(=O)N[C@@H](Cc2ccccc2)CN(CC(N)=O)C(=O)CCSCc2ccc(cc2)C(=O)N[C@@]2(CC2c2ccccc2)CN(C(=O)CC2CC2)CC(=O)N[C@@H](Cc2ccccc2)CN(C(=O)CC2CC2)CC(=O)N1. The topological polar surface area (TPSA) is 267 Å². The van der Waals surface area contributed by atoms with Gasteiger partial charge in [0.1, 0.15) is 0 Å². The van der Waals surface area contributed by atoms with E-state index >= 15 is 0 Å². The number of hydrogen-bond donors (Lipinski definition) is 6. The van der Waals surface area contributed by atoms with Crippen molar-refractivity contribution in [2.45, 2.75) is 132 Å². The molecule has 8 N–H and O–H groups in total. The molecule has 3 saturated carbocycles. The van der Waals surface area contributed by atoms with E-state index in [-0.39, 0.29) is 119 Å². The summed E-state index contributed by atoms with van der Waals surface area (Å²) in [5.41, 5.74) is 15.8. The maximum Gasteiger partial charge on any atom is 0.251 e. The number of aryl methyl sites for hydroxylation is 1. The average molecular weight is 1270 g/mol. The Labute approximate surface area is 544 Å². The van der Waals surface area contributed by atoms with Gasteiger partial charge in [0.05, 0.1) is 43.8 Å². The summed E-state index contributed by atoms with van der Waals surface area (Å²) in [5, 5.41) is 12.8. The molecule has 20 heteroatoms. The largest absolute Gasteiger partial charge is 0.368 e. The van der Waals surface area contributed by atoms with Crippen molar-refractivity contribution in [1.82, 2.24) is 40.9 Å². The number of nitrogens with zero attached hydrogens (tertiary/aromatic N) is 4. The maximum atomic E-state index is 14.8. The number of benzene rings is 5. The number of unbranched alkanes of at least 4 members (excludes halogenated alkanes) is 1. The summed E-state index contributed by atoms with van der Waals surface area (Å²) in [6, 6.07) is 43.4. The highest BCUT2D eigenvalue weighted by Crippen LogP contribution is 2.52. The third-order valence-corrected chi connectivity index (χ3v) is 18.7. The number of primary amides is 1. The molecule has 3 aliphatic carbocycles. The van der Waals surface area contributed by atoms with Crippen LogP contribution >= 0.6 is 11.8 Å². The Balaban J connectivity index is 1.04. The first-order valence-corrected chi connectivity index (χ1v) is 33.9. The van der Waals surface area contributed by atoms with Crippen LogP contribution in [-0.2, 0) is 63.4 Å². The van der Waals surface area contributed by atoms with E-state index in [1.807, 2.05) is 133 Å². The van der Waals surface area contributed by atoms with Gasteiger partial charge in [0.25, 0.3) is 5.91 Å². The predicted octanol–water partition coefficient (Wildman–Crippen LogP) is 6.08. The first-order valence-electron chi connectivity index (χ1n) is 32.7. The van der Waals surface area contributed by atoms with Crippen LogP contribution < -0.4 is 32.7 Å². The van der Waals surface area contributed by atoms with E-state index in [1.54, 1.807) is 17.0 Å². The number of rotatable bonds is 18. The lowest BCUT2D eigenvalue weighted by atomic mass is 10.0. The third-order valence-electron chi connectivity index (χ3n) is 17.7. The molecule has 0 aromatic heterocycles. The average Bonchev–Trinajstić information content (AvgIpc) is 1.58. The molecule has 10 rings (SSSR count). The van der Waals surface area contributed by atoms with E-state index < -0.39 is 60.4 Å². The number of fused-ring (bicyclic) bond motifs is 27. The molecule has 2 bridgehead atoms. The fraction of sp³-hybridized carbons (Fsp3) is 0.458. The number of thioether (sulfide) groups is 1. The van der Waals surface area contributed by atoms with Crippen molar-refractivity contribution in [3.63, 3.8) is 0 Å². The van der Waals surface area contributed by atoms with Crippen molar-refractivity contribution in [3.05, 3.63) is 179 Å². The van der Waals surface area contributed by atoms with Gasteiger partial charge in [-0.2, -0.15) is 11.8 Å². The van der Waals surface area contributed by atoms with Crippen LogP contribution in [0, 0.1) is 11.8 Å². The second-order valence-corrected chi connectivity index (χ2v) is 26.7. The van der Waals surface area contributed by atoms with Gasteiger partial charge in [-0.15, -0.1) is 0 Å². The molecule has 92 heavy (non-hydrogen) atoms. The Kier molecular flexibility index (Phi) is 25.0. The quantitative estimate of drug-likeness (QED) is 0.0432. The van der Waals surface area contributed by atoms with Crippen LogP contribution in [0.1, 0.15) is 121 Å². The summed E-state index contributed by atoms with van der Waals surface area (Å²) >= 11 is 1.51. The minimum atomic E-state index is -0.912. The number of carbonyl (C=O) groups excluding carboxylic acids is 9. The number of carbonyl (C=O) groups is 9. The summed E-state index contributed by atoms with van der Waals surface area (Å²) in [5.74, 6) is -2.56. The molecule has 1 unspecified atom stereocenters. The van der Waals surface area contributed by atoms with Crippen molar-refractivity contribution in [2.75, 3.05) is 64.7 Å². The molecule has 1 spiro atoms. The first kappa shape index (κ1) is 68.0. The Hall–Kier alpha value is -8.36. The van der Waals surface area contributed by atoms with Gasteiger partial charge in [-0.1, -0.05) is 140 Å². The van der Waals surface area contributed by atoms with E-state index in [4.69, 9.17) is 11.5 Å². The monoisotopic (exact) mass is 1270 g/mol. The summed E-state index contributed by atoms with van der Waals surface area (Å²) in [7, 11) is 0. The van der Waals surface area contributed by atoms with E-state index in [9.17, 15) is 43.2 Å². The summed E-state index contributed by atoms with van der Waals surface area (Å²) in [6.45, 7) is -1.21. The lowest BCUT2D eigenvalue weighted by Gasteiger charge is -2.32. The van der Waals surface area contributed by atoms with Crippen LogP contribution in [0.15, 0.2) is 146 Å². The van der Waals surface area contributed by atoms with Crippen molar-refractivity contribution in [3.8, 4) is 0 Å². The smallest absolute Gasteiger partial charge is 0.251 e. The second kappa shape index (κ2) is 33.8. The maximum absolute atomic E-state index is 14.8. The zero-order chi connectivity index (χ0) is 64.8. The fourth-order valence-electron chi connectivity index (χ4n) is 12.3. The summed E-state index contributed by atoms with van der Waals surface area (Å²) in [6.07, 6.45) is 7.19. The van der Waals surface area contributed by atoms with Gasteiger partial charge in [0.2, 0.25) is 47.3 Å². The predicted molar refractivity (Wildman–Crippen MR) is 355 cm³/mol. The number of nitrogens with two attached hydrogens (primary N) is 2. The van der Waals surface area contributed by atoms with Crippen molar-refractivity contribution >= 4 is 64.9 Å². The van der Waals surface area contributed by atoms with Crippen LogP contribution in [0.2, 0.25) is 0 Å². The minimum absolute atomic E-state index is 0.0437. The van der Waals surface area contributed by atoms with Gasteiger partial charge in [0, 0.05) is 80.9 Å². The Morgan fingerprint density at radius 2 is 1.07 bits per heavy atom. The highest BCUT2D eigenvalue weighted by Gasteiger charge is 2.57. The van der Waals surface area contributed by atoms with Crippen LogP contribution in [0.4, 0.5) is 0 Å². The summed E-state index contributed by atoms with van der Waals surface area (Å²) < 4.78 is 0. The molecular weight excluding hydrogens is 1180 g/mol. The minimum Gasteiger partial charge on any atom is -0.368 e. The van der Waals surface area contributed by atoms with E-state index in [0.29, 0.717) is 62.1 Å². The zero-order valence-corrected chi connectivity index (χ0v) is 53.5. The molecule has 3 fully saturated rings. The zero-order valence-electron chi connectivity index (χ0n) is 52.7. The molecule has 488 valence electrons. The molecule has 2 heterocycles. The van der Waals surface area contributed by atoms with Gasteiger partial charge >= 0.3 is 0 Å². The van der Waals surface area contributed by atoms with Crippen LogP contribution in [-0.4, -0.2) is 161 Å². The van der Waals surface area contributed by atoms with Crippen molar-refractivity contribution in [2.24, 2.45) is 23.3 Å². The van der Waals surface area contributed by atoms with E-state index in [2.05, 4.69) is 21.3 Å². The molecule has 5 aliphatic rings. The molecule has 5 aromatic rings. The molecule has 19 nitrogen and oxygen atoms in total. The fourth-order valence-corrected chi connectivity index (χ4v) is 13.2. The lowest BCUT2D eigenvalue weighted by Crippen LogP contribution is -2.55.